The number of nitrogens with zero attached hydrogens (tertiary/aromatic N) is 1. The summed E-state index contributed by atoms with van der Waals surface area (Å²) in [6, 6.07) is 15.9. The van der Waals surface area contributed by atoms with Crippen molar-refractivity contribution in [2.24, 2.45) is 0 Å². The molecule has 178 valence electrons. The molecule has 0 unspecified atom stereocenters. The van der Waals surface area contributed by atoms with Crippen LogP contribution in [-0.4, -0.2) is 22.4 Å². The van der Waals surface area contributed by atoms with E-state index in [2.05, 4.69) is 5.32 Å². The van der Waals surface area contributed by atoms with E-state index in [1.165, 1.54) is 18.2 Å². The smallest absolute Gasteiger partial charge is 0.352 e. The van der Waals surface area contributed by atoms with E-state index in [-0.39, 0.29) is 31.1 Å². The zero-order valence-corrected chi connectivity index (χ0v) is 19.0. The number of benzene rings is 3. The zero-order valence-electron chi connectivity index (χ0n) is 18.2. The molecule has 3 aromatic carbocycles. The molecule has 2 N–H and O–H groups in total. The summed E-state index contributed by atoms with van der Waals surface area (Å²) >= 11 is 6.37. The fourth-order valence-electron chi connectivity index (χ4n) is 3.91. The number of aromatic carboxylic acids is 1. The number of fused-ring (bicyclic) bond motifs is 1. The number of hydrogen-bond acceptors (Lipinski definition) is 4. The second-order valence-corrected chi connectivity index (χ2v) is 8.38. The average molecular weight is 497 g/mol. The quantitative estimate of drug-likeness (QED) is 0.320. The Morgan fingerprint density at radius 2 is 1.69 bits per heavy atom. The number of nitrogens with one attached hydrogen (secondary N) is 1. The lowest BCUT2D eigenvalue weighted by Gasteiger charge is -2.10. The third-order valence-corrected chi connectivity index (χ3v) is 6.10. The highest BCUT2D eigenvalue weighted by molar-refractivity contribution is 6.31. The van der Waals surface area contributed by atoms with Crippen molar-refractivity contribution < 1.29 is 28.2 Å². The summed E-state index contributed by atoms with van der Waals surface area (Å²) in [4.78, 5) is 11.9. The maximum atomic E-state index is 13.8. The highest BCUT2D eigenvalue weighted by atomic mass is 35.5. The highest BCUT2D eigenvalue weighted by Crippen LogP contribution is 2.37. The summed E-state index contributed by atoms with van der Waals surface area (Å²) in [6.07, 6.45) is 1.74. The summed E-state index contributed by atoms with van der Waals surface area (Å²) in [6.45, 7) is 0.335. The van der Waals surface area contributed by atoms with Crippen molar-refractivity contribution in [2.75, 3.05) is 12.1 Å². The van der Waals surface area contributed by atoms with Crippen molar-refractivity contribution in [1.29, 1.82) is 0 Å². The van der Waals surface area contributed by atoms with Crippen LogP contribution in [0.25, 0.3) is 11.1 Å². The van der Waals surface area contributed by atoms with E-state index >= 15 is 0 Å². The van der Waals surface area contributed by atoms with Crippen LogP contribution >= 0.6 is 11.6 Å². The number of carboxylic acids is 1. The number of carbonyl (C=O) groups is 1. The Bertz CT molecular complexity index is 1400. The predicted molar refractivity (Wildman–Crippen MR) is 127 cm³/mol. The molecule has 9 heteroatoms. The third kappa shape index (κ3) is 4.65. The molecular weight excluding hydrogens is 478 g/mol. The SMILES string of the molecule is O=C(O)c1cc(-c2ccc(NCc3c(F)cccc3F)cc2)cn1Cc1cc2c(cc1Cl)OCO2. The number of ether oxygens (including phenoxy) is 2. The second kappa shape index (κ2) is 9.31. The summed E-state index contributed by atoms with van der Waals surface area (Å²) in [5.74, 6) is -1.18. The summed E-state index contributed by atoms with van der Waals surface area (Å²) in [7, 11) is 0. The van der Waals surface area contributed by atoms with Gasteiger partial charge in [-0.1, -0.05) is 29.8 Å². The fraction of sp³-hybridized carbons (Fsp3) is 0.115. The Morgan fingerprint density at radius 3 is 2.37 bits per heavy atom. The van der Waals surface area contributed by atoms with E-state index in [0.29, 0.717) is 33.3 Å². The van der Waals surface area contributed by atoms with Crippen molar-refractivity contribution >= 4 is 23.3 Å². The number of aromatic nitrogens is 1. The summed E-state index contributed by atoms with van der Waals surface area (Å²) in [5, 5.41) is 13.2. The molecule has 1 aliphatic heterocycles. The van der Waals surface area contributed by atoms with E-state index < -0.39 is 17.6 Å². The van der Waals surface area contributed by atoms with Crippen LogP contribution in [0.1, 0.15) is 21.6 Å². The molecule has 0 spiro atoms. The predicted octanol–water partition coefficient (Wildman–Crippen LogP) is 6.17. The lowest BCUT2D eigenvalue weighted by Crippen LogP contribution is -2.08. The normalized spacial score (nSPS) is 12.1. The number of hydrogen-bond donors (Lipinski definition) is 2. The van der Waals surface area contributed by atoms with E-state index in [1.54, 1.807) is 53.2 Å². The Balaban J connectivity index is 1.36. The van der Waals surface area contributed by atoms with Gasteiger partial charge in [0.15, 0.2) is 11.5 Å². The Hall–Kier alpha value is -4.04. The first-order valence-corrected chi connectivity index (χ1v) is 11.1. The standard InChI is InChI=1S/C26H19ClF2N2O4/c27-20-10-25-24(34-14-35-25)9-17(20)13-31-12-16(8-23(31)26(32)33)15-4-6-18(7-5-15)30-11-19-21(28)2-1-3-22(19)29/h1-10,12,30H,11,13-14H2,(H,32,33). The first-order chi connectivity index (χ1) is 16.9. The molecule has 0 aliphatic carbocycles. The van der Waals surface area contributed by atoms with Crippen molar-refractivity contribution in [1.82, 2.24) is 4.57 Å². The lowest BCUT2D eigenvalue weighted by atomic mass is 10.1. The maximum absolute atomic E-state index is 13.8. The van der Waals surface area contributed by atoms with Gasteiger partial charge in [0, 0.05) is 47.2 Å². The molecule has 0 saturated carbocycles. The van der Waals surface area contributed by atoms with Gasteiger partial charge < -0.3 is 24.5 Å². The Labute approximate surface area is 204 Å². The van der Waals surface area contributed by atoms with Crippen LogP contribution in [0.4, 0.5) is 14.5 Å². The molecule has 4 aromatic rings. The molecule has 0 radical (unpaired) electrons. The molecule has 5 rings (SSSR count). The second-order valence-electron chi connectivity index (χ2n) is 7.98. The van der Waals surface area contributed by atoms with Crippen molar-refractivity contribution in [3.63, 3.8) is 0 Å². The number of rotatable bonds is 7. The van der Waals surface area contributed by atoms with Crippen LogP contribution in [0.5, 0.6) is 11.5 Å². The molecule has 2 heterocycles. The monoisotopic (exact) mass is 496 g/mol. The minimum atomic E-state index is -1.07. The molecule has 1 aromatic heterocycles. The molecule has 0 bridgehead atoms. The van der Waals surface area contributed by atoms with Gasteiger partial charge in [0.25, 0.3) is 0 Å². The van der Waals surface area contributed by atoms with Crippen LogP contribution in [0.15, 0.2) is 66.9 Å². The minimum Gasteiger partial charge on any atom is -0.477 e. The maximum Gasteiger partial charge on any atom is 0.352 e. The van der Waals surface area contributed by atoms with E-state index in [1.807, 2.05) is 0 Å². The molecule has 0 fully saturated rings. The van der Waals surface area contributed by atoms with Crippen LogP contribution in [0, 0.1) is 11.6 Å². The fourth-order valence-corrected chi connectivity index (χ4v) is 4.13. The highest BCUT2D eigenvalue weighted by Gasteiger charge is 2.19. The van der Waals surface area contributed by atoms with Gasteiger partial charge in [-0.3, -0.25) is 0 Å². The van der Waals surface area contributed by atoms with Crippen LogP contribution < -0.4 is 14.8 Å². The molecule has 1 aliphatic rings. The molecule has 0 amide bonds. The van der Waals surface area contributed by atoms with E-state index in [9.17, 15) is 18.7 Å². The average Bonchev–Trinajstić information content (AvgIpc) is 3.46. The molecule has 35 heavy (non-hydrogen) atoms. The molecule has 0 atom stereocenters. The van der Waals surface area contributed by atoms with Gasteiger partial charge in [0.05, 0.1) is 0 Å². The van der Waals surface area contributed by atoms with Crippen molar-refractivity contribution in [3.05, 3.63) is 100 Å². The van der Waals surface area contributed by atoms with Gasteiger partial charge >= 0.3 is 5.97 Å². The van der Waals surface area contributed by atoms with Gasteiger partial charge in [-0.05, 0) is 47.5 Å². The summed E-state index contributed by atoms with van der Waals surface area (Å²) in [5.41, 5.74) is 2.91. The van der Waals surface area contributed by atoms with Gasteiger partial charge in [-0.25, -0.2) is 13.6 Å². The zero-order chi connectivity index (χ0) is 24.5. The van der Waals surface area contributed by atoms with Gasteiger partial charge in [-0.2, -0.15) is 0 Å². The summed E-state index contributed by atoms with van der Waals surface area (Å²) < 4.78 is 40.0. The van der Waals surface area contributed by atoms with Crippen LogP contribution in [0.2, 0.25) is 5.02 Å². The molecule has 0 saturated heterocycles. The topological polar surface area (TPSA) is 72.7 Å². The molecular formula is C26H19ClF2N2O4. The first-order valence-electron chi connectivity index (χ1n) is 10.7. The minimum absolute atomic E-state index is 0.00627. The number of anilines is 1. The van der Waals surface area contributed by atoms with Crippen molar-refractivity contribution in [3.8, 4) is 22.6 Å². The lowest BCUT2D eigenvalue weighted by molar-refractivity contribution is 0.0685. The van der Waals surface area contributed by atoms with Crippen molar-refractivity contribution in [2.45, 2.75) is 13.1 Å². The first kappa shape index (κ1) is 22.7. The third-order valence-electron chi connectivity index (χ3n) is 5.75. The number of carboxylic acid groups (broad SMARTS) is 1. The van der Waals surface area contributed by atoms with Gasteiger partial charge in [0.1, 0.15) is 17.3 Å². The van der Waals surface area contributed by atoms with Gasteiger partial charge in [-0.15, -0.1) is 0 Å². The van der Waals surface area contributed by atoms with Crippen LogP contribution in [-0.2, 0) is 13.1 Å². The van der Waals surface area contributed by atoms with E-state index in [4.69, 9.17) is 21.1 Å². The van der Waals surface area contributed by atoms with Crippen LogP contribution in [0.3, 0.4) is 0 Å². The Morgan fingerprint density at radius 1 is 1.00 bits per heavy atom. The molecule has 6 nitrogen and oxygen atoms in total. The Kier molecular flexibility index (Phi) is 6.05. The number of halogens is 3. The van der Waals surface area contributed by atoms with E-state index in [0.717, 1.165) is 5.56 Å². The largest absolute Gasteiger partial charge is 0.477 e. The van der Waals surface area contributed by atoms with Gasteiger partial charge in [0.2, 0.25) is 6.79 Å².